The lowest BCUT2D eigenvalue weighted by Gasteiger charge is -2.13. The van der Waals surface area contributed by atoms with Crippen LogP contribution in [0.2, 0.25) is 5.02 Å². The lowest BCUT2D eigenvalue weighted by Crippen LogP contribution is -2.07. The van der Waals surface area contributed by atoms with Crippen LogP contribution in [-0.4, -0.2) is 26.3 Å². The first kappa shape index (κ1) is 22.4. The Balaban J connectivity index is 3.14. The number of thioether (sulfide) groups is 1. The topological polar surface area (TPSA) is 49.7 Å². The van der Waals surface area contributed by atoms with Crippen molar-refractivity contribution in [3.63, 3.8) is 0 Å². The van der Waals surface area contributed by atoms with E-state index in [0.29, 0.717) is 16.5 Å². The fourth-order valence-electron chi connectivity index (χ4n) is 1.69. The molecule has 0 spiro atoms. The van der Waals surface area contributed by atoms with E-state index >= 15 is 0 Å². The molecule has 0 saturated heterocycles. The van der Waals surface area contributed by atoms with E-state index < -0.39 is 9.76 Å². The monoisotopic (exact) mass is 439 g/mol. The number of carboxylic acid groups (broad SMARTS) is 1. The van der Waals surface area contributed by atoms with Crippen LogP contribution in [-0.2, 0) is 4.79 Å². The third-order valence-corrected chi connectivity index (χ3v) is 4.96. The number of benzene rings is 1. The van der Waals surface area contributed by atoms with E-state index in [1.807, 2.05) is 32.1 Å². The highest BCUT2D eigenvalue weighted by Crippen LogP contribution is 2.35. The summed E-state index contributed by atoms with van der Waals surface area (Å²) in [7, 11) is 0. The first-order valence-corrected chi connectivity index (χ1v) is 9.64. The molecule has 25 heavy (non-hydrogen) atoms. The fourth-order valence-corrected chi connectivity index (χ4v) is 3.02. The number of hydrogen-bond donors (Lipinski definition) is 1. The van der Waals surface area contributed by atoms with Gasteiger partial charge in [0.15, 0.2) is 0 Å². The molecule has 0 bridgehead atoms. The molecule has 0 aliphatic heterocycles. The highest BCUT2D eigenvalue weighted by molar-refractivity contribution is 7.99. The maximum absolute atomic E-state index is 10.6. The van der Waals surface area contributed by atoms with Gasteiger partial charge in [0.25, 0.3) is 0 Å². The van der Waals surface area contributed by atoms with Crippen molar-refractivity contribution in [3.8, 4) is 0 Å². The maximum atomic E-state index is 10.6. The van der Waals surface area contributed by atoms with Gasteiger partial charge < -0.3 is 5.11 Å². The summed E-state index contributed by atoms with van der Waals surface area (Å²) in [5.74, 6) is -0.406. The number of carboxylic acids is 1. The summed E-state index contributed by atoms with van der Waals surface area (Å²) in [5.41, 5.74) is 2.41. The highest BCUT2D eigenvalue weighted by Gasteiger charge is 2.24. The Hall–Kier alpha value is -0.650. The van der Waals surface area contributed by atoms with E-state index in [1.54, 1.807) is 6.07 Å². The van der Waals surface area contributed by atoms with E-state index in [9.17, 15) is 4.79 Å². The van der Waals surface area contributed by atoms with E-state index in [4.69, 9.17) is 51.5 Å². The number of aliphatic carboxylic acids is 1. The highest BCUT2D eigenvalue weighted by atomic mass is 35.6. The maximum Gasteiger partial charge on any atom is 0.304 e. The number of aliphatic imine (C=N–C) groups is 1. The van der Waals surface area contributed by atoms with Crippen LogP contribution in [0.25, 0.3) is 0 Å². The Bertz CT molecular complexity index is 720. The molecule has 0 unspecified atom stereocenters. The van der Waals surface area contributed by atoms with Crippen LogP contribution >= 0.6 is 58.2 Å². The van der Waals surface area contributed by atoms with Crippen molar-refractivity contribution in [1.29, 1.82) is 0 Å². The molecular formula is C17H17Cl4NO2S. The smallest absolute Gasteiger partial charge is 0.304 e. The van der Waals surface area contributed by atoms with Crippen LogP contribution in [0.15, 0.2) is 52.0 Å². The molecule has 3 nitrogen and oxygen atoms in total. The Morgan fingerprint density at radius 2 is 2.00 bits per heavy atom. The van der Waals surface area contributed by atoms with Gasteiger partial charge in [0.2, 0.25) is 3.79 Å². The molecular weight excluding hydrogens is 424 g/mol. The predicted octanol–water partition coefficient (Wildman–Crippen LogP) is 6.55. The quantitative estimate of drug-likeness (QED) is 0.297. The lowest BCUT2D eigenvalue weighted by atomic mass is 10.1. The zero-order chi connectivity index (χ0) is 19.2. The van der Waals surface area contributed by atoms with Gasteiger partial charge in [0.1, 0.15) is 0 Å². The van der Waals surface area contributed by atoms with Gasteiger partial charge in [-0.2, -0.15) is 0 Å². The third kappa shape index (κ3) is 8.06. The summed E-state index contributed by atoms with van der Waals surface area (Å²) < 4.78 is -1.70. The van der Waals surface area contributed by atoms with E-state index in [2.05, 4.69) is 11.6 Å². The number of carbonyl (C=O) groups is 1. The van der Waals surface area contributed by atoms with Gasteiger partial charge in [-0.15, -0.1) is 11.8 Å². The summed E-state index contributed by atoms with van der Waals surface area (Å²) in [5, 5.41) is 9.20. The minimum absolute atomic E-state index is 0.0658. The van der Waals surface area contributed by atoms with Gasteiger partial charge >= 0.3 is 5.97 Å². The summed E-state index contributed by atoms with van der Waals surface area (Å²) in [6, 6.07) is 5.39. The molecule has 0 aliphatic carbocycles. The van der Waals surface area contributed by atoms with Gasteiger partial charge in [0, 0.05) is 16.2 Å². The number of rotatable bonds is 7. The number of alkyl halides is 3. The molecule has 0 aromatic heterocycles. The molecule has 1 rings (SSSR count). The largest absolute Gasteiger partial charge is 0.481 e. The Morgan fingerprint density at radius 1 is 1.36 bits per heavy atom. The van der Waals surface area contributed by atoms with Crippen LogP contribution in [0, 0.1) is 0 Å². The van der Waals surface area contributed by atoms with Crippen molar-refractivity contribution in [1.82, 2.24) is 0 Å². The minimum atomic E-state index is -1.70. The van der Waals surface area contributed by atoms with Crippen LogP contribution < -0.4 is 0 Å². The van der Waals surface area contributed by atoms with Crippen LogP contribution in [0.3, 0.4) is 0 Å². The summed E-state index contributed by atoms with van der Waals surface area (Å²) in [4.78, 5) is 15.7. The summed E-state index contributed by atoms with van der Waals surface area (Å²) in [6.45, 7) is 7.53. The van der Waals surface area contributed by atoms with Gasteiger partial charge in [-0.05, 0) is 32.1 Å². The van der Waals surface area contributed by atoms with Crippen LogP contribution in [0.5, 0.6) is 0 Å². The van der Waals surface area contributed by atoms with Crippen molar-refractivity contribution in [2.75, 3.05) is 5.75 Å². The SMILES string of the molecule is C=C(N=C(C=C(C)C)c1ccc(SCCC(=O)O)c(Cl)c1)C(Cl)(Cl)Cl. The van der Waals surface area contributed by atoms with Crippen molar-refractivity contribution in [3.05, 3.63) is 52.7 Å². The Labute approximate surface area is 171 Å². The molecule has 0 amide bonds. The van der Waals surface area contributed by atoms with Crippen molar-refractivity contribution < 1.29 is 9.90 Å². The molecule has 0 saturated carbocycles. The van der Waals surface area contributed by atoms with Gasteiger partial charge in [0.05, 0.1) is 22.9 Å². The first-order valence-electron chi connectivity index (χ1n) is 7.15. The van der Waals surface area contributed by atoms with Gasteiger partial charge in [-0.1, -0.05) is 64.6 Å². The number of allylic oxidation sites excluding steroid dienone is 3. The Kier molecular flexibility index (Phi) is 8.85. The van der Waals surface area contributed by atoms with E-state index in [0.717, 1.165) is 16.0 Å². The van der Waals surface area contributed by atoms with Crippen LogP contribution in [0.1, 0.15) is 25.8 Å². The zero-order valence-corrected chi connectivity index (χ0v) is 17.5. The number of halogens is 4. The molecule has 136 valence electrons. The first-order chi connectivity index (χ1) is 11.5. The second-order valence-corrected chi connectivity index (χ2v) is 9.13. The zero-order valence-electron chi connectivity index (χ0n) is 13.7. The second-order valence-electron chi connectivity index (χ2n) is 5.30. The predicted molar refractivity (Wildman–Crippen MR) is 110 cm³/mol. The molecule has 1 aromatic carbocycles. The van der Waals surface area contributed by atoms with Gasteiger partial charge in [-0.25, -0.2) is 4.99 Å². The normalized spacial score (nSPS) is 12.0. The van der Waals surface area contributed by atoms with Gasteiger partial charge in [-0.3, -0.25) is 4.79 Å². The Morgan fingerprint density at radius 3 is 2.48 bits per heavy atom. The molecule has 0 atom stereocenters. The molecule has 1 N–H and O–H groups in total. The summed E-state index contributed by atoms with van der Waals surface area (Å²) in [6.07, 6.45) is 1.90. The minimum Gasteiger partial charge on any atom is -0.481 e. The summed E-state index contributed by atoms with van der Waals surface area (Å²) >= 11 is 25.1. The number of hydrogen-bond acceptors (Lipinski definition) is 3. The molecule has 0 fully saturated rings. The molecule has 0 heterocycles. The van der Waals surface area contributed by atoms with Crippen molar-refractivity contribution in [2.24, 2.45) is 4.99 Å². The molecule has 0 radical (unpaired) electrons. The van der Waals surface area contributed by atoms with E-state index in [1.165, 1.54) is 11.8 Å². The lowest BCUT2D eigenvalue weighted by molar-refractivity contribution is -0.136. The molecule has 8 heteroatoms. The number of nitrogens with zero attached hydrogens (tertiary/aromatic N) is 1. The van der Waals surface area contributed by atoms with Crippen molar-refractivity contribution >= 4 is 69.8 Å². The van der Waals surface area contributed by atoms with Crippen LogP contribution in [0.4, 0.5) is 0 Å². The second kappa shape index (κ2) is 9.89. The van der Waals surface area contributed by atoms with E-state index in [-0.39, 0.29) is 12.1 Å². The standard InChI is InChI=1S/C17H17Cl4NO2S/c1-10(2)8-14(22-11(3)17(19,20)21)12-4-5-15(13(18)9-12)25-7-6-16(23)24/h4-5,8-9H,3,6-7H2,1-2H3,(H,23,24). The fraction of sp³-hybridized carbons (Fsp3) is 0.294. The third-order valence-electron chi connectivity index (χ3n) is 2.81. The van der Waals surface area contributed by atoms with Crippen molar-refractivity contribution in [2.45, 2.75) is 29.0 Å². The average Bonchev–Trinajstić information content (AvgIpc) is 2.46. The average molecular weight is 441 g/mol. The molecule has 1 aromatic rings. The molecule has 0 aliphatic rings.